The summed E-state index contributed by atoms with van der Waals surface area (Å²) in [5.74, 6) is 0. The highest BCUT2D eigenvalue weighted by Gasteiger charge is 1.87. The lowest BCUT2D eigenvalue weighted by Gasteiger charge is -2.17. The van der Waals surface area contributed by atoms with E-state index in [4.69, 9.17) is 28.8 Å². The van der Waals surface area contributed by atoms with Crippen molar-refractivity contribution in [3.05, 3.63) is 0 Å². The molecule has 0 saturated carbocycles. The molecule has 5 N–H and O–H groups in total. The zero-order chi connectivity index (χ0) is 8.78. The Balaban J connectivity index is 0. The lowest BCUT2D eigenvalue weighted by atomic mass is 10.7. The van der Waals surface area contributed by atoms with Gasteiger partial charge in [-0.25, -0.2) is 18.6 Å². The van der Waals surface area contributed by atoms with Gasteiger partial charge >= 0.3 is 0 Å². The lowest BCUT2D eigenvalue weighted by Crippen LogP contribution is -2.68. The molecule has 0 heterocycles. The van der Waals surface area contributed by atoms with Gasteiger partial charge in [-0.1, -0.05) is 0 Å². The average molecular weight is 178 g/mol. The van der Waals surface area contributed by atoms with E-state index < -0.39 is 16.5 Å². The molecule has 0 aliphatic carbocycles. The Labute approximate surface area is 58.7 Å². The van der Waals surface area contributed by atoms with Gasteiger partial charge in [0, 0.05) is 0 Å². The molecule has 0 aliphatic rings. The van der Waals surface area contributed by atoms with E-state index in [1.807, 2.05) is 0 Å². The van der Waals surface area contributed by atoms with Gasteiger partial charge in [0.15, 0.2) is 0 Å². The molecular formula is C2H8ClNO6. The maximum Gasteiger partial charge on any atom is 0.202 e. The number of hydrogen-bond acceptors (Lipinski definition) is 6. The van der Waals surface area contributed by atoms with E-state index in [-0.39, 0.29) is 6.54 Å². The van der Waals surface area contributed by atoms with E-state index in [9.17, 15) is 0 Å². The van der Waals surface area contributed by atoms with E-state index in [2.05, 4.69) is 5.73 Å². The van der Waals surface area contributed by atoms with Gasteiger partial charge in [0.05, 0.1) is 0 Å². The third kappa shape index (κ3) is 97.4. The highest BCUT2D eigenvalue weighted by Crippen LogP contribution is 1.56. The number of halogens is 1. The second-order valence-corrected chi connectivity index (χ2v) is 1.90. The van der Waals surface area contributed by atoms with Crippen LogP contribution in [0.25, 0.3) is 0 Å². The Morgan fingerprint density at radius 1 is 1.20 bits per heavy atom. The minimum Gasteiger partial charge on any atom is -0.364 e. The van der Waals surface area contributed by atoms with Crippen LogP contribution in [0.5, 0.6) is 0 Å². The Morgan fingerprint density at radius 3 is 1.30 bits per heavy atom. The van der Waals surface area contributed by atoms with Crippen molar-refractivity contribution >= 4 is 0 Å². The summed E-state index contributed by atoms with van der Waals surface area (Å²) >= 11 is 0. The minimum absolute atomic E-state index is 0.167. The number of hydrogen-bond donors (Lipinski definition) is 3. The molecule has 8 heteroatoms. The van der Waals surface area contributed by atoms with Gasteiger partial charge in [-0.15, -0.1) is 10.2 Å². The second-order valence-electron chi connectivity index (χ2n) is 1.15. The molecule has 0 saturated heterocycles. The minimum atomic E-state index is -4.94. The van der Waals surface area contributed by atoms with Gasteiger partial charge in [0.2, 0.25) is 6.29 Å². The SMILES string of the molecule is [NH3+]CC(O)O.[O-][Cl+3]([O-])([O-])[O-]. The van der Waals surface area contributed by atoms with E-state index in [0.717, 1.165) is 0 Å². The molecule has 64 valence electrons. The van der Waals surface area contributed by atoms with Crippen LogP contribution in [0.15, 0.2) is 0 Å². The van der Waals surface area contributed by atoms with E-state index >= 15 is 0 Å². The highest BCUT2D eigenvalue weighted by molar-refractivity contribution is 4.18. The summed E-state index contributed by atoms with van der Waals surface area (Å²) in [6.07, 6.45) is -1.23. The Morgan fingerprint density at radius 2 is 1.30 bits per heavy atom. The second kappa shape index (κ2) is 5.77. The molecule has 0 rings (SSSR count). The molecule has 0 bridgehead atoms. The van der Waals surface area contributed by atoms with Crippen LogP contribution < -0.4 is 24.4 Å². The number of aliphatic hydroxyl groups excluding tert-OH is 1. The lowest BCUT2D eigenvalue weighted by molar-refractivity contribution is -2.00. The smallest absolute Gasteiger partial charge is 0.202 e. The van der Waals surface area contributed by atoms with Crippen LogP contribution in [0.3, 0.4) is 0 Å². The molecule has 0 atom stereocenters. The molecule has 0 aliphatic heterocycles. The van der Waals surface area contributed by atoms with Crippen molar-refractivity contribution in [2.24, 2.45) is 0 Å². The van der Waals surface area contributed by atoms with Crippen molar-refractivity contribution < 1.29 is 44.8 Å². The van der Waals surface area contributed by atoms with Gasteiger partial charge in [-0.3, -0.25) is 0 Å². The van der Waals surface area contributed by atoms with Gasteiger partial charge in [0.25, 0.3) is 0 Å². The van der Waals surface area contributed by atoms with Crippen LogP contribution in [0.2, 0.25) is 0 Å². The fourth-order valence-electron chi connectivity index (χ4n) is 0. The number of aliphatic hydroxyl groups is 2. The van der Waals surface area contributed by atoms with Gasteiger partial charge in [-0.2, -0.15) is 0 Å². The zero-order valence-electron chi connectivity index (χ0n) is 4.90. The molecule has 0 aromatic rings. The Bertz CT molecular complexity index is 64.6. The fourth-order valence-corrected chi connectivity index (χ4v) is 0. The molecule has 0 unspecified atom stereocenters. The molecule has 0 fully saturated rings. The summed E-state index contributed by atoms with van der Waals surface area (Å²) in [5.41, 5.74) is 3.19. The van der Waals surface area contributed by atoms with Crippen LogP contribution >= 0.6 is 0 Å². The first-order chi connectivity index (χ1) is 4.27. The van der Waals surface area contributed by atoms with E-state index in [1.54, 1.807) is 0 Å². The third-order valence-electron chi connectivity index (χ3n) is 0.258. The molecule has 7 nitrogen and oxygen atoms in total. The summed E-state index contributed by atoms with van der Waals surface area (Å²) in [6.45, 7) is 0.167. The maximum atomic E-state index is 8.49. The van der Waals surface area contributed by atoms with E-state index in [0.29, 0.717) is 0 Å². The average Bonchev–Trinajstić information content (AvgIpc) is 1.61. The summed E-state index contributed by atoms with van der Waals surface area (Å²) in [7, 11) is -4.94. The fraction of sp³-hybridized carbons (Fsp3) is 1.00. The monoisotopic (exact) mass is 177 g/mol. The maximum absolute atomic E-state index is 8.49. The molecule has 0 radical (unpaired) electrons. The van der Waals surface area contributed by atoms with Gasteiger partial charge < -0.3 is 15.9 Å². The standard InChI is InChI=1S/C2H7NO2.ClHO4/c3-1-2(4)5;2-1(3,4)5/h2,4-5H,1,3H2;(H,2,3,4,5). The molecule has 10 heavy (non-hydrogen) atoms. The van der Waals surface area contributed by atoms with Crippen molar-refractivity contribution in [2.45, 2.75) is 6.29 Å². The molecule has 0 aromatic carbocycles. The topological polar surface area (TPSA) is 160 Å². The predicted octanol–water partition coefficient (Wildman–Crippen LogP) is -7.22. The molecule has 0 aromatic heterocycles. The van der Waals surface area contributed by atoms with Crippen LogP contribution in [0, 0.1) is 10.2 Å². The van der Waals surface area contributed by atoms with Crippen LogP contribution in [0.1, 0.15) is 0 Å². The Kier molecular flexibility index (Phi) is 7.31. The zero-order valence-corrected chi connectivity index (χ0v) is 5.65. The summed E-state index contributed by atoms with van der Waals surface area (Å²) < 4.78 is 34.0. The van der Waals surface area contributed by atoms with Crippen LogP contribution in [-0.4, -0.2) is 23.0 Å². The first-order valence-corrected chi connectivity index (χ1v) is 3.28. The predicted molar refractivity (Wildman–Crippen MR) is 16.0 cm³/mol. The quantitative estimate of drug-likeness (QED) is 0.337. The summed E-state index contributed by atoms with van der Waals surface area (Å²) in [6, 6.07) is 0. The van der Waals surface area contributed by atoms with Gasteiger partial charge in [-0.05, 0) is 0 Å². The summed E-state index contributed by atoms with van der Waals surface area (Å²) in [5, 5.41) is 15.7. The van der Waals surface area contributed by atoms with E-state index in [1.165, 1.54) is 0 Å². The van der Waals surface area contributed by atoms with Crippen LogP contribution in [-0.2, 0) is 0 Å². The Hall–Kier alpha value is 0.01000. The van der Waals surface area contributed by atoms with Crippen molar-refractivity contribution in [3.8, 4) is 0 Å². The van der Waals surface area contributed by atoms with Gasteiger partial charge in [0.1, 0.15) is 6.54 Å². The number of rotatable bonds is 1. The van der Waals surface area contributed by atoms with Crippen molar-refractivity contribution in [2.75, 3.05) is 6.54 Å². The van der Waals surface area contributed by atoms with Crippen molar-refractivity contribution in [3.63, 3.8) is 0 Å². The normalized spacial score (nSPS) is 10.8. The highest BCUT2D eigenvalue weighted by atomic mass is 35.7. The van der Waals surface area contributed by atoms with Crippen molar-refractivity contribution in [1.29, 1.82) is 0 Å². The molecule has 0 spiro atoms. The van der Waals surface area contributed by atoms with Crippen molar-refractivity contribution in [1.82, 2.24) is 0 Å². The first kappa shape index (κ1) is 12.7. The molecular weight excluding hydrogens is 169 g/mol. The van der Waals surface area contributed by atoms with Crippen LogP contribution in [0.4, 0.5) is 0 Å². The first-order valence-electron chi connectivity index (χ1n) is 2.04. The molecule has 0 amide bonds. The third-order valence-corrected chi connectivity index (χ3v) is 0.258. The largest absolute Gasteiger partial charge is 0.364 e. The summed E-state index contributed by atoms with van der Waals surface area (Å²) in [4.78, 5) is 0. The number of quaternary nitrogens is 1.